The van der Waals surface area contributed by atoms with E-state index < -0.39 is 136 Å². The van der Waals surface area contributed by atoms with E-state index in [9.17, 15) is 51.9 Å². The normalized spacial score (nSPS) is 27.3. The third kappa shape index (κ3) is 16.4. The van der Waals surface area contributed by atoms with Crippen LogP contribution < -0.4 is 20.7 Å². The summed E-state index contributed by atoms with van der Waals surface area (Å²) in [6.07, 6.45) is -3.36. The van der Waals surface area contributed by atoms with Gasteiger partial charge in [-0.15, -0.1) is 0 Å². The van der Waals surface area contributed by atoms with E-state index in [4.69, 9.17) is 14.2 Å². The number of aliphatic hydroxyl groups excluding tert-OH is 1. The highest BCUT2D eigenvalue weighted by atomic mass is 32.2. The SMILES string of the molecule is CC[C@H](C)[C@H]1NC(=O)[C@@H](NC(=O)[C@@H](CC(C)C)N(C)S(C)(=O)=O)[C@@H](C)OC(=O)[C@H](Cc2ccc(OC)cc2)N(C)C(=O)[C@@H]2CCCN2C(=O)[C@H](CC(C)C)NC(=O)[C@@H](C)C(=O)[C@H](C(C)C)OC(=O)C[C@@H]1O. The van der Waals surface area contributed by atoms with E-state index in [0.717, 1.165) is 10.6 Å². The van der Waals surface area contributed by atoms with E-state index in [0.29, 0.717) is 24.2 Å². The number of sulfonamides is 1. The minimum atomic E-state index is -3.96. The fourth-order valence-electron chi connectivity index (χ4n) is 8.81. The van der Waals surface area contributed by atoms with Gasteiger partial charge < -0.3 is 45.1 Å². The topological polar surface area (TPSA) is 264 Å². The number of methoxy groups -OCH3 is 1. The number of ether oxygens (including phenoxy) is 3. The van der Waals surface area contributed by atoms with Crippen molar-refractivity contribution in [1.29, 1.82) is 0 Å². The Morgan fingerprint density at radius 3 is 2.08 bits per heavy atom. The van der Waals surface area contributed by atoms with Gasteiger partial charge in [-0.3, -0.25) is 33.6 Å². The molecule has 2 aliphatic heterocycles. The number of cyclic esters (lactones) is 2. The third-order valence-corrected chi connectivity index (χ3v) is 14.8. The summed E-state index contributed by atoms with van der Waals surface area (Å²) in [6.45, 7) is 16.8. The van der Waals surface area contributed by atoms with Crippen molar-refractivity contribution in [1.82, 2.24) is 30.1 Å². The molecular formula is C50H80N6O14S. The van der Waals surface area contributed by atoms with Crippen LogP contribution in [0.15, 0.2) is 24.3 Å². The van der Waals surface area contributed by atoms with Gasteiger partial charge in [0.1, 0.15) is 42.1 Å². The molecule has 0 saturated carbocycles. The molecule has 0 spiro atoms. The number of hydrogen-bond donors (Lipinski definition) is 4. The molecule has 20 nitrogen and oxygen atoms in total. The molecule has 2 fully saturated rings. The number of carbonyl (C=O) groups is 8. The first kappa shape index (κ1) is 60.2. The molecule has 2 aliphatic rings. The Kier molecular flexibility index (Phi) is 22.5. The van der Waals surface area contributed by atoms with Gasteiger partial charge >= 0.3 is 11.9 Å². The number of amides is 5. The van der Waals surface area contributed by atoms with E-state index in [-0.39, 0.29) is 44.1 Å². The van der Waals surface area contributed by atoms with E-state index in [1.54, 1.807) is 65.8 Å². The van der Waals surface area contributed by atoms with Gasteiger partial charge in [0.15, 0.2) is 11.9 Å². The smallest absolute Gasteiger partial charge is 0.329 e. The number of likely N-dealkylation sites (N-methyl/N-ethyl adjacent to an activating group) is 2. The van der Waals surface area contributed by atoms with Crippen molar-refractivity contribution >= 4 is 57.3 Å². The van der Waals surface area contributed by atoms with Gasteiger partial charge in [-0.1, -0.05) is 73.9 Å². The van der Waals surface area contributed by atoms with Crippen molar-refractivity contribution in [2.75, 3.05) is 34.0 Å². The maximum atomic E-state index is 14.8. The molecule has 11 atom stereocenters. The molecule has 0 radical (unpaired) electrons. The monoisotopic (exact) mass is 1020 g/mol. The van der Waals surface area contributed by atoms with Crippen LogP contribution in [0.25, 0.3) is 0 Å². The third-order valence-electron chi connectivity index (χ3n) is 13.4. The molecule has 400 valence electrons. The van der Waals surface area contributed by atoms with Crippen LogP contribution in [-0.2, 0) is 64.3 Å². The molecule has 1 aromatic rings. The van der Waals surface area contributed by atoms with Crippen LogP contribution in [-0.4, -0.2) is 163 Å². The van der Waals surface area contributed by atoms with Crippen molar-refractivity contribution in [2.24, 2.45) is 29.6 Å². The van der Waals surface area contributed by atoms with E-state index in [1.165, 1.54) is 44.9 Å². The molecule has 0 aliphatic carbocycles. The van der Waals surface area contributed by atoms with Crippen molar-refractivity contribution in [2.45, 2.75) is 169 Å². The van der Waals surface area contributed by atoms with Crippen LogP contribution >= 0.6 is 0 Å². The number of rotatable bonds is 14. The second-order valence-corrected chi connectivity index (χ2v) is 22.5. The Labute approximate surface area is 420 Å². The lowest BCUT2D eigenvalue weighted by Gasteiger charge is -2.35. The standard InChI is InChI=1S/C50H80N6O14S/c1-15-30(8)41-39(57)26-40(58)70-44(29(6)7)43(59)31(9)45(60)51-35(23-27(2)3)48(63)56-22-16-17-36(56)49(64)54(11)38(25-33-18-20-34(68-13)21-19-33)50(65)69-32(10)42(47(62)52-41)53-46(61)37(24-28(4)5)55(12)71(14,66)67/h18-21,27-32,35-39,41-42,44,57H,15-17,22-26H2,1-14H3,(H,51,60)(H,52,62)(H,53,61)/t30-,31-,32+,35-,36-,37+,38-,39-,41+,42-,44-/m0/s1. The fourth-order valence-corrected chi connectivity index (χ4v) is 9.46. The quantitative estimate of drug-likeness (QED) is 0.154. The molecule has 4 N–H and O–H groups in total. The highest BCUT2D eigenvalue weighted by molar-refractivity contribution is 7.88. The van der Waals surface area contributed by atoms with E-state index >= 15 is 0 Å². The Bertz CT molecular complexity index is 2150. The van der Waals surface area contributed by atoms with Crippen molar-refractivity contribution in [3.63, 3.8) is 0 Å². The number of Topliss-reactive ketones (excluding diaryl/α,β-unsaturated/α-hetero) is 1. The highest BCUT2D eigenvalue weighted by Gasteiger charge is 2.45. The summed E-state index contributed by atoms with van der Waals surface area (Å²) in [5, 5.41) is 19.8. The number of carbonyl (C=O) groups excluding carboxylic acids is 8. The predicted octanol–water partition coefficient (Wildman–Crippen LogP) is 2.38. The molecule has 21 heteroatoms. The summed E-state index contributed by atoms with van der Waals surface area (Å²) in [7, 11) is 0.148. The zero-order chi connectivity index (χ0) is 53.8. The molecule has 3 rings (SSSR count). The number of fused-ring (bicyclic) bond motifs is 1. The summed E-state index contributed by atoms with van der Waals surface area (Å²) in [6, 6.07) is -1.20. The van der Waals surface area contributed by atoms with Crippen LogP contribution in [0.5, 0.6) is 5.75 Å². The largest absolute Gasteiger partial charge is 0.497 e. The number of esters is 2. The molecule has 71 heavy (non-hydrogen) atoms. The lowest BCUT2D eigenvalue weighted by Crippen LogP contribution is -2.61. The minimum Gasteiger partial charge on any atom is -0.497 e. The summed E-state index contributed by atoms with van der Waals surface area (Å²) < 4.78 is 43.5. The summed E-state index contributed by atoms with van der Waals surface area (Å²) in [5.74, 6) is -9.02. The Morgan fingerprint density at radius 1 is 0.930 bits per heavy atom. The fraction of sp³-hybridized carbons (Fsp3) is 0.720. The van der Waals surface area contributed by atoms with Gasteiger partial charge in [0.05, 0.1) is 37.9 Å². The van der Waals surface area contributed by atoms with Crippen LogP contribution in [0.1, 0.15) is 113 Å². The Hall–Kier alpha value is -5.15. The van der Waals surface area contributed by atoms with Crippen LogP contribution in [0.2, 0.25) is 0 Å². The molecule has 2 saturated heterocycles. The number of aliphatic hydroxyl groups is 1. The molecular weight excluding hydrogens is 941 g/mol. The maximum Gasteiger partial charge on any atom is 0.329 e. The van der Waals surface area contributed by atoms with Gasteiger partial charge in [-0.2, -0.15) is 4.31 Å². The van der Waals surface area contributed by atoms with Gasteiger partial charge in [-0.05, 0) is 80.9 Å². The minimum absolute atomic E-state index is 0.0346. The average molecular weight is 1020 g/mol. The zero-order valence-electron chi connectivity index (χ0n) is 44.1. The van der Waals surface area contributed by atoms with Crippen molar-refractivity contribution < 1.29 is 66.1 Å². The van der Waals surface area contributed by atoms with Crippen LogP contribution in [0, 0.1) is 29.6 Å². The van der Waals surface area contributed by atoms with Gasteiger partial charge in [0, 0.05) is 27.1 Å². The second-order valence-electron chi connectivity index (χ2n) is 20.4. The number of ketones is 1. The Morgan fingerprint density at radius 2 is 1.55 bits per heavy atom. The summed E-state index contributed by atoms with van der Waals surface area (Å²) >= 11 is 0. The van der Waals surface area contributed by atoms with Crippen LogP contribution in [0.4, 0.5) is 0 Å². The Balaban J connectivity index is 2.29. The first-order valence-corrected chi connectivity index (χ1v) is 26.5. The van der Waals surface area contributed by atoms with Crippen molar-refractivity contribution in [3.8, 4) is 5.75 Å². The molecule has 0 unspecified atom stereocenters. The van der Waals surface area contributed by atoms with E-state index in [2.05, 4.69) is 16.0 Å². The average Bonchev–Trinajstić information content (AvgIpc) is 3.79. The predicted molar refractivity (Wildman–Crippen MR) is 264 cm³/mol. The highest BCUT2D eigenvalue weighted by Crippen LogP contribution is 2.26. The molecule has 1 aromatic carbocycles. The van der Waals surface area contributed by atoms with Gasteiger partial charge in [-0.25, -0.2) is 13.2 Å². The summed E-state index contributed by atoms with van der Waals surface area (Å²) in [5.41, 5.74) is 0.576. The summed E-state index contributed by atoms with van der Waals surface area (Å²) in [4.78, 5) is 117. The number of nitrogens with zero attached hydrogens (tertiary/aromatic N) is 3. The molecule has 5 amide bonds. The van der Waals surface area contributed by atoms with Crippen molar-refractivity contribution in [3.05, 3.63) is 29.8 Å². The number of benzene rings is 1. The zero-order valence-corrected chi connectivity index (χ0v) is 44.9. The molecule has 2 heterocycles. The molecule has 0 aromatic heterocycles. The number of hydrogen-bond acceptors (Lipinski definition) is 14. The van der Waals surface area contributed by atoms with E-state index in [1.807, 2.05) is 13.8 Å². The maximum absolute atomic E-state index is 14.8. The van der Waals surface area contributed by atoms with Gasteiger partial charge in [0.2, 0.25) is 39.6 Å². The second kappa shape index (κ2) is 26.5. The van der Waals surface area contributed by atoms with Gasteiger partial charge in [0.25, 0.3) is 0 Å². The lowest BCUT2D eigenvalue weighted by atomic mass is 9.91. The first-order valence-electron chi connectivity index (χ1n) is 24.7. The number of nitrogens with one attached hydrogen (secondary N) is 3. The first-order chi connectivity index (χ1) is 33.0. The molecule has 0 bridgehead atoms. The van der Waals surface area contributed by atoms with Crippen LogP contribution in [0.3, 0.4) is 0 Å². The lowest BCUT2D eigenvalue weighted by molar-refractivity contribution is -0.163.